The summed E-state index contributed by atoms with van der Waals surface area (Å²) in [7, 11) is 0. The summed E-state index contributed by atoms with van der Waals surface area (Å²) < 4.78 is 0. The molecule has 0 spiro atoms. The van der Waals surface area contributed by atoms with Crippen molar-refractivity contribution in [1.29, 1.82) is 0 Å². The molecule has 1 rings (SSSR count). The second-order valence-electron chi connectivity index (χ2n) is 4.45. The summed E-state index contributed by atoms with van der Waals surface area (Å²) in [6, 6.07) is 0. The Kier molecular flexibility index (Phi) is 13.3. The fraction of sp³-hybridized carbons (Fsp3) is 0.929. The molecule has 0 N–H and O–H groups in total. The summed E-state index contributed by atoms with van der Waals surface area (Å²) in [5.41, 5.74) is 0. The lowest BCUT2D eigenvalue weighted by Crippen LogP contribution is -2.02. The van der Waals surface area contributed by atoms with Crippen LogP contribution in [-0.4, -0.2) is 19.0 Å². The van der Waals surface area contributed by atoms with Crippen molar-refractivity contribution in [3.05, 3.63) is 0 Å². The second-order valence-corrected chi connectivity index (χ2v) is 4.45. The molecule has 0 radical (unpaired) electrons. The molecule has 102 valence electrons. The zero-order valence-corrected chi connectivity index (χ0v) is 11.5. The van der Waals surface area contributed by atoms with Gasteiger partial charge in [-0.3, -0.25) is 4.79 Å². The first kappa shape index (κ1) is 16.6. The standard InChI is InChI=1S/C8H18O2.C6H10O/c1-3-5-7-9-10-8-6-4-2;7-6-4-2-1-3-5-6/h3-8H2,1-2H3;1-5H2. The van der Waals surface area contributed by atoms with Gasteiger partial charge in [0.25, 0.3) is 0 Å². The topological polar surface area (TPSA) is 35.5 Å². The third-order valence-corrected chi connectivity index (χ3v) is 2.66. The van der Waals surface area contributed by atoms with Crippen molar-refractivity contribution in [2.24, 2.45) is 0 Å². The molecule has 0 bridgehead atoms. The first-order chi connectivity index (χ1) is 8.31. The third kappa shape index (κ3) is 13.5. The van der Waals surface area contributed by atoms with Gasteiger partial charge >= 0.3 is 0 Å². The van der Waals surface area contributed by atoms with Crippen LogP contribution in [-0.2, 0) is 14.6 Å². The number of ketones is 1. The van der Waals surface area contributed by atoms with Crippen molar-refractivity contribution in [3.63, 3.8) is 0 Å². The van der Waals surface area contributed by atoms with E-state index in [9.17, 15) is 4.79 Å². The Morgan fingerprint density at radius 1 is 0.882 bits per heavy atom. The molecular weight excluding hydrogens is 216 g/mol. The average Bonchev–Trinajstić information content (AvgIpc) is 2.35. The van der Waals surface area contributed by atoms with E-state index in [0.29, 0.717) is 5.78 Å². The molecule has 0 aromatic heterocycles. The van der Waals surface area contributed by atoms with Gasteiger partial charge in [-0.25, -0.2) is 9.78 Å². The van der Waals surface area contributed by atoms with Gasteiger partial charge in [-0.2, -0.15) is 0 Å². The van der Waals surface area contributed by atoms with Crippen molar-refractivity contribution in [3.8, 4) is 0 Å². The Bertz CT molecular complexity index is 153. The molecule has 3 nitrogen and oxygen atoms in total. The molecule has 0 aromatic carbocycles. The molecule has 0 unspecified atom stereocenters. The van der Waals surface area contributed by atoms with Gasteiger partial charge in [0.15, 0.2) is 0 Å². The van der Waals surface area contributed by atoms with Crippen LogP contribution in [0.15, 0.2) is 0 Å². The molecule has 1 saturated carbocycles. The first-order valence-electron chi connectivity index (χ1n) is 7.07. The molecule has 0 aromatic rings. The van der Waals surface area contributed by atoms with Crippen LogP contribution in [0.3, 0.4) is 0 Å². The fourth-order valence-electron chi connectivity index (χ4n) is 1.47. The van der Waals surface area contributed by atoms with E-state index in [1.807, 2.05) is 0 Å². The summed E-state index contributed by atoms with van der Waals surface area (Å²) in [5.74, 6) is 0.464. The summed E-state index contributed by atoms with van der Waals surface area (Å²) >= 11 is 0. The van der Waals surface area contributed by atoms with Gasteiger partial charge < -0.3 is 0 Å². The highest BCUT2D eigenvalue weighted by molar-refractivity contribution is 5.78. The summed E-state index contributed by atoms with van der Waals surface area (Å²) in [6.07, 6.45) is 9.75. The highest BCUT2D eigenvalue weighted by atomic mass is 17.2. The van der Waals surface area contributed by atoms with Gasteiger partial charge in [-0.15, -0.1) is 0 Å². The number of Topliss-reactive ketones (excluding diaryl/α,β-unsaturated/α-hetero) is 1. The maximum absolute atomic E-state index is 10.5. The van der Waals surface area contributed by atoms with Crippen molar-refractivity contribution in [2.45, 2.75) is 71.6 Å². The maximum atomic E-state index is 10.5. The molecule has 0 saturated heterocycles. The van der Waals surface area contributed by atoms with E-state index < -0.39 is 0 Å². The van der Waals surface area contributed by atoms with Crippen LogP contribution in [0.2, 0.25) is 0 Å². The van der Waals surface area contributed by atoms with E-state index in [1.165, 1.54) is 6.42 Å². The number of carbonyl (C=O) groups excluding carboxylic acids is 1. The monoisotopic (exact) mass is 244 g/mol. The van der Waals surface area contributed by atoms with E-state index in [0.717, 1.165) is 64.6 Å². The minimum Gasteiger partial charge on any atom is -0.300 e. The van der Waals surface area contributed by atoms with Crippen LogP contribution in [0.25, 0.3) is 0 Å². The minimum absolute atomic E-state index is 0.464. The Balaban J connectivity index is 0.000000318. The zero-order valence-electron chi connectivity index (χ0n) is 11.5. The number of hydrogen-bond donors (Lipinski definition) is 0. The van der Waals surface area contributed by atoms with Crippen molar-refractivity contribution in [2.75, 3.05) is 13.2 Å². The summed E-state index contributed by atoms with van der Waals surface area (Å²) in [6.45, 7) is 5.74. The van der Waals surface area contributed by atoms with Crippen molar-refractivity contribution < 1.29 is 14.6 Å². The van der Waals surface area contributed by atoms with Crippen molar-refractivity contribution in [1.82, 2.24) is 0 Å². The molecule has 0 aliphatic heterocycles. The van der Waals surface area contributed by atoms with Gasteiger partial charge in [0, 0.05) is 12.8 Å². The van der Waals surface area contributed by atoms with Crippen LogP contribution in [0.5, 0.6) is 0 Å². The molecule has 0 amide bonds. The van der Waals surface area contributed by atoms with E-state index >= 15 is 0 Å². The quantitative estimate of drug-likeness (QED) is 0.385. The minimum atomic E-state index is 0.464. The number of carbonyl (C=O) groups is 1. The van der Waals surface area contributed by atoms with Crippen LogP contribution >= 0.6 is 0 Å². The highest BCUT2D eigenvalue weighted by Crippen LogP contribution is 2.12. The van der Waals surface area contributed by atoms with Gasteiger partial charge in [0.05, 0.1) is 13.2 Å². The van der Waals surface area contributed by atoms with E-state index in [4.69, 9.17) is 9.78 Å². The molecule has 0 heterocycles. The zero-order chi connectivity index (χ0) is 12.8. The smallest absolute Gasteiger partial charge is 0.132 e. The van der Waals surface area contributed by atoms with E-state index in [-0.39, 0.29) is 0 Å². The molecule has 1 aliphatic carbocycles. The van der Waals surface area contributed by atoms with Gasteiger partial charge in [0.1, 0.15) is 5.78 Å². The van der Waals surface area contributed by atoms with E-state index in [2.05, 4.69) is 13.8 Å². The molecule has 17 heavy (non-hydrogen) atoms. The van der Waals surface area contributed by atoms with Crippen LogP contribution in [0.1, 0.15) is 71.6 Å². The maximum Gasteiger partial charge on any atom is 0.132 e. The predicted molar refractivity (Wildman–Crippen MR) is 69.8 cm³/mol. The average molecular weight is 244 g/mol. The first-order valence-corrected chi connectivity index (χ1v) is 7.07. The largest absolute Gasteiger partial charge is 0.300 e. The van der Waals surface area contributed by atoms with Gasteiger partial charge in [-0.1, -0.05) is 33.1 Å². The number of unbranched alkanes of at least 4 members (excludes halogenated alkanes) is 2. The van der Waals surface area contributed by atoms with Crippen molar-refractivity contribution >= 4 is 5.78 Å². The van der Waals surface area contributed by atoms with Crippen LogP contribution in [0.4, 0.5) is 0 Å². The summed E-state index contributed by atoms with van der Waals surface area (Å²) in [5, 5.41) is 0. The lowest BCUT2D eigenvalue weighted by molar-refractivity contribution is -0.295. The Labute approximate surface area is 106 Å². The predicted octanol–water partition coefficient (Wildman–Crippen LogP) is 4.05. The Hall–Kier alpha value is -0.410. The lowest BCUT2D eigenvalue weighted by Gasteiger charge is -2.05. The fourth-order valence-corrected chi connectivity index (χ4v) is 1.47. The molecule has 1 fully saturated rings. The second kappa shape index (κ2) is 13.7. The Morgan fingerprint density at radius 3 is 1.65 bits per heavy atom. The highest BCUT2D eigenvalue weighted by Gasteiger charge is 2.05. The normalized spacial score (nSPS) is 15.3. The summed E-state index contributed by atoms with van der Waals surface area (Å²) in [4.78, 5) is 20.2. The SMILES string of the molecule is CCCCOOCCCC.O=C1CCCCC1. The number of hydrogen-bond acceptors (Lipinski definition) is 3. The molecule has 0 atom stereocenters. The number of rotatable bonds is 7. The van der Waals surface area contributed by atoms with E-state index in [1.54, 1.807) is 0 Å². The third-order valence-electron chi connectivity index (χ3n) is 2.66. The molecular formula is C14H28O3. The van der Waals surface area contributed by atoms with Gasteiger partial charge in [-0.05, 0) is 25.7 Å². The van der Waals surface area contributed by atoms with Crippen LogP contribution in [0, 0.1) is 0 Å². The van der Waals surface area contributed by atoms with Gasteiger partial charge in [0.2, 0.25) is 0 Å². The molecule has 1 aliphatic rings. The van der Waals surface area contributed by atoms with Crippen LogP contribution < -0.4 is 0 Å². The Morgan fingerprint density at radius 2 is 1.35 bits per heavy atom. The lowest BCUT2D eigenvalue weighted by atomic mass is 10.00. The molecule has 3 heteroatoms.